The molecule has 2 amide bonds. The molecule has 0 aliphatic carbocycles. The highest BCUT2D eigenvalue weighted by Gasteiger charge is 2.52. The van der Waals surface area contributed by atoms with Crippen LogP contribution < -0.4 is 17.1 Å². The van der Waals surface area contributed by atoms with Crippen molar-refractivity contribution in [3.8, 4) is 11.3 Å². The first-order valence-electron chi connectivity index (χ1n) is 24.9. The zero-order chi connectivity index (χ0) is 54.1. The second-order valence-corrected chi connectivity index (χ2v) is 21.8. The summed E-state index contributed by atoms with van der Waals surface area (Å²) >= 11 is 3.48. The normalized spacial score (nSPS) is 14.2. The molecule has 74 heavy (non-hydrogen) atoms. The molecule has 0 spiro atoms. The fraction of sp³-hybridized carbons (Fsp3) is 0.462. The van der Waals surface area contributed by atoms with Gasteiger partial charge in [0.1, 0.15) is 33.9 Å². The highest BCUT2D eigenvalue weighted by Crippen LogP contribution is 2.37. The van der Waals surface area contributed by atoms with Gasteiger partial charge >= 0.3 is 19.3 Å². The van der Waals surface area contributed by atoms with Crippen LogP contribution in [0.25, 0.3) is 55.1 Å². The Hall–Kier alpha value is -6.78. The molecule has 6 N–H and O–H groups in total. The number of ether oxygens (including phenoxy) is 2. The number of nitrogens with two attached hydrogens (primary N) is 2. The molecule has 7 heterocycles. The van der Waals surface area contributed by atoms with Gasteiger partial charge in [-0.15, -0.1) is 0 Å². The number of fused-ring (bicyclic) bond motifs is 6. The SMILES string of the molecule is CC1(C)OB(c2ccn[nH]2)OC1(C)C.CCN(Cc1nc2c(N)nc3cc(-c4ccn[nH]4)ccc3c2n1CC)C(=O)OC(C)(C)C.CCN(Cc1nc2c(N)nc3cc(Br)ccc3c2n1CC)C(=O)OC(C)(C)C. The summed E-state index contributed by atoms with van der Waals surface area (Å²) in [6, 6.07) is 15.8. The van der Waals surface area contributed by atoms with Crippen LogP contribution in [0.3, 0.4) is 0 Å². The van der Waals surface area contributed by atoms with E-state index in [2.05, 4.69) is 69.3 Å². The Morgan fingerprint density at radius 3 is 1.55 bits per heavy atom. The number of carbonyl (C=O) groups is 2. The number of anilines is 2. The lowest BCUT2D eigenvalue weighted by Gasteiger charge is -2.32. The molecule has 2 aromatic carbocycles. The Bertz CT molecular complexity index is 3250. The molecule has 0 radical (unpaired) electrons. The minimum atomic E-state index is -0.563. The average Bonchev–Trinajstić information content (AvgIpc) is 4.17. The Morgan fingerprint density at radius 1 is 0.676 bits per heavy atom. The Kier molecular flexibility index (Phi) is 16.0. The number of imidazole rings is 2. The summed E-state index contributed by atoms with van der Waals surface area (Å²) in [5.41, 5.74) is 18.3. The van der Waals surface area contributed by atoms with E-state index in [-0.39, 0.29) is 30.5 Å². The fourth-order valence-corrected chi connectivity index (χ4v) is 8.72. The number of pyridine rings is 2. The largest absolute Gasteiger partial charge is 0.513 e. The summed E-state index contributed by atoms with van der Waals surface area (Å²) in [6.45, 7) is 30.3. The van der Waals surface area contributed by atoms with Gasteiger partial charge in [-0.05, 0) is 139 Å². The van der Waals surface area contributed by atoms with E-state index in [1.807, 2.05) is 132 Å². The number of halogens is 1. The minimum Gasteiger partial charge on any atom is -0.444 e. The number of aromatic amines is 2. The van der Waals surface area contributed by atoms with Gasteiger partial charge in [-0.2, -0.15) is 10.2 Å². The number of H-pyrrole nitrogens is 2. The average molecular weight is 1080 g/mol. The maximum atomic E-state index is 12.7. The summed E-state index contributed by atoms with van der Waals surface area (Å²) < 4.78 is 27.8. The van der Waals surface area contributed by atoms with Crippen LogP contribution in [-0.2, 0) is 45.0 Å². The summed E-state index contributed by atoms with van der Waals surface area (Å²) in [4.78, 5) is 47.1. The number of nitrogens with one attached hydrogen (secondary N) is 2. The minimum absolute atomic E-state index is 0.289. The van der Waals surface area contributed by atoms with Crippen molar-refractivity contribution in [3.05, 3.63) is 77.0 Å². The van der Waals surface area contributed by atoms with Gasteiger partial charge in [-0.25, -0.2) is 29.5 Å². The first-order valence-corrected chi connectivity index (χ1v) is 25.7. The fourth-order valence-electron chi connectivity index (χ4n) is 8.37. The van der Waals surface area contributed by atoms with Gasteiger partial charge in [-0.1, -0.05) is 22.0 Å². The van der Waals surface area contributed by atoms with Gasteiger partial charge in [0.25, 0.3) is 0 Å². The monoisotopic (exact) mass is 1080 g/mol. The van der Waals surface area contributed by atoms with E-state index in [0.29, 0.717) is 61.9 Å². The van der Waals surface area contributed by atoms with Crippen LogP contribution in [0.15, 0.2) is 65.4 Å². The number of benzene rings is 2. The van der Waals surface area contributed by atoms with Gasteiger partial charge in [0.15, 0.2) is 11.6 Å². The van der Waals surface area contributed by atoms with Crippen LogP contribution >= 0.6 is 15.9 Å². The zero-order valence-corrected chi connectivity index (χ0v) is 46.6. The van der Waals surface area contributed by atoms with Crippen molar-refractivity contribution in [1.29, 1.82) is 0 Å². The number of hydrogen-bond acceptors (Lipinski definition) is 14. The summed E-state index contributed by atoms with van der Waals surface area (Å²) in [7, 11) is -0.331. The smallest absolute Gasteiger partial charge is 0.444 e. The second kappa shape index (κ2) is 21.6. The molecule has 1 fully saturated rings. The van der Waals surface area contributed by atoms with Crippen molar-refractivity contribution in [3.63, 3.8) is 0 Å². The van der Waals surface area contributed by atoms with E-state index in [9.17, 15) is 9.59 Å². The van der Waals surface area contributed by atoms with Crippen LogP contribution in [-0.4, -0.2) is 114 Å². The molecule has 394 valence electrons. The van der Waals surface area contributed by atoms with E-state index in [4.69, 9.17) is 40.2 Å². The molecule has 9 rings (SSSR count). The van der Waals surface area contributed by atoms with Gasteiger partial charge in [0.05, 0.1) is 57.6 Å². The zero-order valence-electron chi connectivity index (χ0n) is 45.0. The maximum absolute atomic E-state index is 12.7. The van der Waals surface area contributed by atoms with Gasteiger partial charge < -0.3 is 49.2 Å². The Balaban J connectivity index is 0.000000174. The van der Waals surface area contributed by atoms with Crippen molar-refractivity contribution in [1.82, 2.24) is 59.3 Å². The van der Waals surface area contributed by atoms with E-state index in [0.717, 1.165) is 65.8 Å². The van der Waals surface area contributed by atoms with Crippen LogP contribution in [0.5, 0.6) is 0 Å². The summed E-state index contributed by atoms with van der Waals surface area (Å²) in [6.07, 6.45) is 2.69. The molecule has 6 aromatic heterocycles. The first kappa shape index (κ1) is 55.0. The number of nitrogens with zero attached hydrogens (tertiary/aromatic N) is 10. The van der Waals surface area contributed by atoms with E-state index >= 15 is 0 Å². The number of nitrogen functional groups attached to an aromatic ring is 2. The highest BCUT2D eigenvalue weighted by atomic mass is 79.9. The molecule has 1 aliphatic heterocycles. The number of aromatic nitrogens is 10. The van der Waals surface area contributed by atoms with Crippen LogP contribution in [0.1, 0.15) is 109 Å². The van der Waals surface area contributed by atoms with Crippen molar-refractivity contribution in [2.75, 3.05) is 24.6 Å². The van der Waals surface area contributed by atoms with Crippen LogP contribution in [0.2, 0.25) is 0 Å². The van der Waals surface area contributed by atoms with E-state index in [1.165, 1.54) is 0 Å². The lowest BCUT2D eigenvalue weighted by atomic mass is 9.85. The van der Waals surface area contributed by atoms with Crippen molar-refractivity contribution in [2.24, 2.45) is 0 Å². The molecule has 8 aromatic rings. The third kappa shape index (κ3) is 11.9. The topological polar surface area (TPSA) is 248 Å². The third-order valence-electron chi connectivity index (χ3n) is 12.7. The first-order chi connectivity index (χ1) is 34.8. The number of hydrogen-bond donors (Lipinski definition) is 4. The standard InChI is InChI=1S/C23H29N7O2.C20H26BrN5O2.C9H15BN2O2/c1-6-29(22(31)32-23(3,4)5)13-18-27-19-20(30(18)7-2)15-9-8-14(16-10-11-25-28-16)12-17(15)26-21(19)24;1-6-25(19(27)28-20(3,4)5)11-15-24-16-17(26(15)7-2)13-9-8-12(21)10-14(13)23-18(16)22;1-8(2)9(3,4)14-10(13-8)7-5-6-11-12-7/h8-12H,6-7,13H2,1-5H3,(H2,24,26)(H,25,28);8-10H,6-7,11H2,1-5H3,(H2,22,23);5-6H,1-4H3,(H,11,12). The van der Waals surface area contributed by atoms with E-state index in [1.54, 1.807) is 22.2 Å². The molecule has 1 aliphatic rings. The lowest BCUT2D eigenvalue weighted by Crippen LogP contribution is -2.41. The maximum Gasteiger partial charge on any atom is 0.513 e. The van der Waals surface area contributed by atoms with Crippen LogP contribution in [0, 0.1) is 0 Å². The summed E-state index contributed by atoms with van der Waals surface area (Å²) in [5.74, 6) is 2.25. The number of carbonyl (C=O) groups excluding carboxylic acids is 2. The number of amides is 2. The van der Waals surface area contributed by atoms with Gasteiger partial charge in [-0.3, -0.25) is 10.2 Å². The van der Waals surface area contributed by atoms with Crippen LogP contribution in [0.4, 0.5) is 21.2 Å². The van der Waals surface area contributed by atoms with Gasteiger partial charge in [0, 0.05) is 59.4 Å². The number of rotatable bonds is 10. The molecular formula is C52H70BBrN14O6. The third-order valence-corrected chi connectivity index (χ3v) is 13.2. The summed E-state index contributed by atoms with van der Waals surface area (Å²) in [5, 5.41) is 15.7. The highest BCUT2D eigenvalue weighted by molar-refractivity contribution is 9.10. The van der Waals surface area contributed by atoms with Crippen molar-refractivity contribution >= 4 is 96.3 Å². The molecule has 22 heteroatoms. The lowest BCUT2D eigenvalue weighted by molar-refractivity contribution is 0.00578. The molecule has 0 unspecified atom stereocenters. The predicted molar refractivity (Wildman–Crippen MR) is 294 cm³/mol. The molecule has 20 nitrogen and oxygen atoms in total. The quantitative estimate of drug-likeness (QED) is 0.0931. The van der Waals surface area contributed by atoms with E-state index < -0.39 is 11.2 Å². The van der Waals surface area contributed by atoms with Crippen molar-refractivity contribution < 1.29 is 28.4 Å². The Morgan fingerprint density at radius 2 is 1.14 bits per heavy atom. The molecule has 0 bridgehead atoms. The molecular weight excluding hydrogens is 1010 g/mol. The second-order valence-electron chi connectivity index (χ2n) is 20.9. The molecule has 0 saturated carbocycles. The Labute approximate surface area is 440 Å². The van der Waals surface area contributed by atoms with Gasteiger partial charge in [0.2, 0.25) is 0 Å². The number of aryl methyl sites for hydroxylation is 2. The van der Waals surface area contributed by atoms with Crippen molar-refractivity contribution in [2.45, 2.75) is 146 Å². The molecule has 0 atom stereocenters. The molecule has 1 saturated heterocycles. The predicted octanol–water partition coefficient (Wildman–Crippen LogP) is 9.75.